The fourth-order valence-electron chi connectivity index (χ4n) is 6.22. The van der Waals surface area contributed by atoms with Crippen LogP contribution in [0.15, 0.2) is 167 Å². The molecule has 0 saturated carbocycles. The Kier molecular flexibility index (Phi) is 5.78. The van der Waals surface area contributed by atoms with Gasteiger partial charge in [0.05, 0.1) is 0 Å². The number of rotatable bonds is 5. The number of nitrogens with zero attached hydrogens (tertiary/aromatic N) is 2. The van der Waals surface area contributed by atoms with Gasteiger partial charge in [-0.3, -0.25) is 0 Å². The smallest absolute Gasteiger partial charge is 0.227 e. The van der Waals surface area contributed by atoms with Gasteiger partial charge in [-0.1, -0.05) is 84.9 Å². The largest absolute Gasteiger partial charge is 0.456 e. The van der Waals surface area contributed by atoms with Gasteiger partial charge in [-0.05, 0) is 88.6 Å². The number of anilines is 3. The van der Waals surface area contributed by atoms with Crippen LogP contribution in [-0.2, 0) is 0 Å². The van der Waals surface area contributed by atoms with Gasteiger partial charge in [0, 0.05) is 39.5 Å². The van der Waals surface area contributed by atoms with Gasteiger partial charge in [0.15, 0.2) is 5.58 Å². The first-order valence-corrected chi connectivity index (χ1v) is 15.0. The average molecular weight is 579 g/mol. The second-order valence-electron chi connectivity index (χ2n) is 11.3. The van der Waals surface area contributed by atoms with E-state index in [0.717, 1.165) is 66.8 Å². The maximum absolute atomic E-state index is 6.36. The normalized spacial score (nSPS) is 11.6. The average Bonchev–Trinajstić information content (AvgIpc) is 3.68. The fourth-order valence-corrected chi connectivity index (χ4v) is 6.22. The molecule has 9 rings (SSSR count). The Hall–Kier alpha value is -6.13. The second-order valence-corrected chi connectivity index (χ2v) is 11.3. The molecule has 0 spiro atoms. The van der Waals surface area contributed by atoms with Gasteiger partial charge in [-0.25, -0.2) is 4.98 Å². The molecule has 0 bridgehead atoms. The van der Waals surface area contributed by atoms with Crippen molar-refractivity contribution in [1.29, 1.82) is 0 Å². The molecule has 0 unspecified atom stereocenters. The van der Waals surface area contributed by atoms with Gasteiger partial charge in [-0.2, -0.15) is 0 Å². The number of aromatic nitrogens is 1. The molecule has 4 heteroatoms. The van der Waals surface area contributed by atoms with Crippen LogP contribution < -0.4 is 4.90 Å². The molecule has 0 aliphatic rings. The predicted octanol–water partition coefficient (Wildman–Crippen LogP) is 11.7. The number of hydrogen-bond donors (Lipinski definition) is 0. The number of benzene rings is 7. The van der Waals surface area contributed by atoms with Crippen LogP contribution in [0, 0.1) is 0 Å². The lowest BCUT2D eigenvalue weighted by atomic mass is 10.0. The molecule has 2 heterocycles. The monoisotopic (exact) mass is 578 g/mol. The first-order chi connectivity index (χ1) is 22.3. The molecule has 9 aromatic rings. The summed E-state index contributed by atoms with van der Waals surface area (Å²) >= 11 is 0. The number of hydrogen-bond acceptors (Lipinski definition) is 4. The number of fused-ring (bicyclic) bond motifs is 5. The van der Waals surface area contributed by atoms with E-state index in [9.17, 15) is 0 Å². The minimum Gasteiger partial charge on any atom is -0.456 e. The van der Waals surface area contributed by atoms with Crippen LogP contribution in [0.3, 0.4) is 0 Å². The van der Waals surface area contributed by atoms with Crippen molar-refractivity contribution in [2.75, 3.05) is 4.90 Å². The third kappa shape index (κ3) is 4.43. The number of furan rings is 1. The van der Waals surface area contributed by atoms with Crippen molar-refractivity contribution in [2.24, 2.45) is 0 Å². The first-order valence-electron chi connectivity index (χ1n) is 15.0. The van der Waals surface area contributed by atoms with Gasteiger partial charge in [0.1, 0.15) is 16.7 Å². The Balaban J connectivity index is 1.07. The van der Waals surface area contributed by atoms with Gasteiger partial charge < -0.3 is 13.7 Å². The molecule has 0 aliphatic carbocycles. The Morgan fingerprint density at radius 2 is 1.07 bits per heavy atom. The summed E-state index contributed by atoms with van der Waals surface area (Å²) in [6.07, 6.45) is 0. The molecule has 7 aromatic carbocycles. The lowest BCUT2D eigenvalue weighted by Crippen LogP contribution is -2.09. The zero-order valence-corrected chi connectivity index (χ0v) is 24.2. The summed E-state index contributed by atoms with van der Waals surface area (Å²) in [6.45, 7) is 0. The Bertz CT molecular complexity index is 2480. The highest BCUT2D eigenvalue weighted by Crippen LogP contribution is 2.39. The molecule has 0 radical (unpaired) electrons. The van der Waals surface area contributed by atoms with Gasteiger partial charge in [-0.15, -0.1) is 0 Å². The van der Waals surface area contributed by atoms with Crippen molar-refractivity contribution in [3.8, 4) is 22.6 Å². The summed E-state index contributed by atoms with van der Waals surface area (Å²) in [6, 6.07) is 54.7. The second kappa shape index (κ2) is 10.2. The van der Waals surface area contributed by atoms with Gasteiger partial charge >= 0.3 is 0 Å². The predicted molar refractivity (Wildman–Crippen MR) is 184 cm³/mol. The summed E-state index contributed by atoms with van der Waals surface area (Å²) in [5.41, 5.74) is 9.66. The van der Waals surface area contributed by atoms with E-state index in [4.69, 9.17) is 13.8 Å². The maximum atomic E-state index is 6.36. The van der Waals surface area contributed by atoms with Crippen LogP contribution in [0.25, 0.3) is 66.4 Å². The molecule has 0 atom stereocenters. The molecule has 0 fully saturated rings. The fraction of sp³-hybridized carbons (Fsp3) is 0. The first kappa shape index (κ1) is 25.4. The lowest BCUT2D eigenvalue weighted by Gasteiger charge is -2.26. The van der Waals surface area contributed by atoms with Crippen LogP contribution >= 0.6 is 0 Å². The van der Waals surface area contributed by atoms with E-state index in [1.54, 1.807) is 0 Å². The van der Waals surface area contributed by atoms with E-state index in [1.807, 2.05) is 42.5 Å². The van der Waals surface area contributed by atoms with Crippen molar-refractivity contribution in [2.45, 2.75) is 0 Å². The van der Waals surface area contributed by atoms with Crippen molar-refractivity contribution < 1.29 is 8.83 Å². The van der Waals surface area contributed by atoms with E-state index < -0.39 is 0 Å². The highest BCUT2D eigenvalue weighted by Gasteiger charge is 2.16. The zero-order valence-electron chi connectivity index (χ0n) is 24.2. The standard InChI is InChI=1S/C41H26N2O2/c1-3-10-29(11-4-1)41-42-37-26-39-36(25-40(37)45-41)35-22-18-31(24-38(35)44-39)28-15-19-33(20-16-28)43(32-13-5-2-6-14-32)34-21-17-27-9-7-8-12-30(27)23-34/h1-26H. The van der Waals surface area contributed by atoms with E-state index in [2.05, 4.69) is 120 Å². The van der Waals surface area contributed by atoms with Crippen LogP contribution in [0.4, 0.5) is 17.1 Å². The van der Waals surface area contributed by atoms with Crippen LogP contribution in [0.1, 0.15) is 0 Å². The highest BCUT2D eigenvalue weighted by atomic mass is 16.4. The third-order valence-corrected chi connectivity index (χ3v) is 8.47. The van der Waals surface area contributed by atoms with E-state index in [0.29, 0.717) is 5.89 Å². The Labute approximate surface area is 259 Å². The van der Waals surface area contributed by atoms with Crippen LogP contribution in [0.5, 0.6) is 0 Å². The third-order valence-electron chi connectivity index (χ3n) is 8.47. The number of para-hydroxylation sites is 1. The van der Waals surface area contributed by atoms with E-state index >= 15 is 0 Å². The molecular weight excluding hydrogens is 552 g/mol. The van der Waals surface area contributed by atoms with Crippen molar-refractivity contribution >= 4 is 60.9 Å². The topological polar surface area (TPSA) is 42.4 Å². The minimum atomic E-state index is 0.611. The molecule has 45 heavy (non-hydrogen) atoms. The van der Waals surface area contributed by atoms with Crippen molar-refractivity contribution in [1.82, 2.24) is 4.98 Å². The van der Waals surface area contributed by atoms with Gasteiger partial charge in [0.25, 0.3) is 0 Å². The van der Waals surface area contributed by atoms with Crippen molar-refractivity contribution in [3.05, 3.63) is 158 Å². The summed E-state index contributed by atoms with van der Waals surface area (Å²) in [5, 5.41) is 4.51. The quantitative estimate of drug-likeness (QED) is 0.204. The van der Waals surface area contributed by atoms with Crippen molar-refractivity contribution in [3.63, 3.8) is 0 Å². The maximum Gasteiger partial charge on any atom is 0.227 e. The summed E-state index contributed by atoms with van der Waals surface area (Å²) in [7, 11) is 0. The SMILES string of the molecule is c1ccc(-c2nc3cc4oc5cc(-c6ccc(N(c7ccccc7)c7ccc8ccccc8c7)cc6)ccc5c4cc3o2)cc1. The van der Waals surface area contributed by atoms with Crippen LogP contribution in [-0.4, -0.2) is 4.98 Å². The molecule has 0 saturated heterocycles. The molecule has 0 amide bonds. The van der Waals surface area contributed by atoms with Crippen LogP contribution in [0.2, 0.25) is 0 Å². The van der Waals surface area contributed by atoms with Gasteiger partial charge in [0.2, 0.25) is 5.89 Å². The Morgan fingerprint density at radius 3 is 1.89 bits per heavy atom. The summed E-state index contributed by atoms with van der Waals surface area (Å²) in [5.74, 6) is 0.611. The zero-order chi connectivity index (χ0) is 29.7. The van der Waals surface area contributed by atoms with E-state index in [1.165, 1.54) is 10.8 Å². The molecule has 212 valence electrons. The molecule has 2 aromatic heterocycles. The summed E-state index contributed by atoms with van der Waals surface area (Å²) < 4.78 is 12.5. The molecule has 0 aliphatic heterocycles. The molecule has 4 nitrogen and oxygen atoms in total. The van der Waals surface area contributed by atoms with E-state index in [-0.39, 0.29) is 0 Å². The highest BCUT2D eigenvalue weighted by molar-refractivity contribution is 6.09. The Morgan fingerprint density at radius 1 is 0.400 bits per heavy atom. The molecule has 0 N–H and O–H groups in total. The summed E-state index contributed by atoms with van der Waals surface area (Å²) in [4.78, 5) is 7.02. The lowest BCUT2D eigenvalue weighted by molar-refractivity contribution is 0.620. The minimum absolute atomic E-state index is 0.611. The molecular formula is C41H26N2O2. The number of oxazole rings is 1.